The maximum Gasteiger partial charge on any atom is 0.259 e. The van der Waals surface area contributed by atoms with E-state index in [0.717, 1.165) is 10.9 Å². The van der Waals surface area contributed by atoms with Crippen LogP contribution in [0.15, 0.2) is 51.8 Å². The number of rotatable bonds is 10. The van der Waals surface area contributed by atoms with E-state index in [1.165, 1.54) is 12.1 Å². The highest BCUT2D eigenvalue weighted by molar-refractivity contribution is 9.10. The third-order valence-electron chi connectivity index (χ3n) is 4.53. The Bertz CT molecular complexity index is 960. The Morgan fingerprint density at radius 3 is 2.37 bits per heavy atom. The fraction of sp³-hybridized carbons (Fsp3) is 0.409. The Morgan fingerprint density at radius 2 is 1.77 bits per heavy atom. The number of halogens is 1. The van der Waals surface area contributed by atoms with Gasteiger partial charge in [0, 0.05) is 16.2 Å². The van der Waals surface area contributed by atoms with Gasteiger partial charge in [-0.2, -0.15) is 0 Å². The van der Waals surface area contributed by atoms with E-state index < -0.39 is 10.0 Å². The molecule has 1 amide bonds. The standard InChI is InChI=1S/C22H29BrN2O4S/c1-5-16(4)25-30(27,28)19-9-7-18(8-10-19)24-22(26)20-14-17(23)6-11-21(20)29-13-12-15(2)3/h6-11,14-16,25H,5,12-13H2,1-4H3,(H,24,26). The smallest absolute Gasteiger partial charge is 0.259 e. The Kier molecular flexibility index (Phi) is 8.88. The molecule has 1 atom stereocenters. The summed E-state index contributed by atoms with van der Waals surface area (Å²) in [7, 11) is -3.59. The van der Waals surface area contributed by atoms with Crippen LogP contribution in [0.25, 0.3) is 0 Å². The van der Waals surface area contributed by atoms with Gasteiger partial charge in [-0.3, -0.25) is 4.79 Å². The Balaban J connectivity index is 2.13. The lowest BCUT2D eigenvalue weighted by Crippen LogP contribution is -2.31. The van der Waals surface area contributed by atoms with Gasteiger partial charge in [0.15, 0.2) is 0 Å². The van der Waals surface area contributed by atoms with E-state index in [9.17, 15) is 13.2 Å². The molecule has 2 aromatic carbocycles. The largest absolute Gasteiger partial charge is 0.493 e. The number of sulfonamides is 1. The third kappa shape index (κ3) is 7.11. The van der Waals surface area contributed by atoms with Crippen molar-refractivity contribution in [2.24, 2.45) is 5.92 Å². The number of carbonyl (C=O) groups is 1. The maximum atomic E-state index is 12.8. The van der Waals surface area contributed by atoms with Gasteiger partial charge in [-0.1, -0.05) is 36.7 Å². The van der Waals surface area contributed by atoms with Gasteiger partial charge in [0.1, 0.15) is 5.75 Å². The summed E-state index contributed by atoms with van der Waals surface area (Å²) in [6.07, 6.45) is 1.58. The van der Waals surface area contributed by atoms with Crippen LogP contribution in [0.2, 0.25) is 0 Å². The summed E-state index contributed by atoms with van der Waals surface area (Å²) in [5, 5.41) is 2.80. The minimum Gasteiger partial charge on any atom is -0.493 e. The van der Waals surface area contributed by atoms with Crippen LogP contribution in [0.5, 0.6) is 5.75 Å². The molecule has 0 radical (unpaired) electrons. The molecule has 0 aliphatic carbocycles. The molecule has 0 saturated heterocycles. The summed E-state index contributed by atoms with van der Waals surface area (Å²) in [5.41, 5.74) is 0.902. The number of benzene rings is 2. The molecule has 2 N–H and O–H groups in total. The Morgan fingerprint density at radius 1 is 1.10 bits per heavy atom. The Hall–Kier alpha value is -1.90. The average Bonchev–Trinajstić information content (AvgIpc) is 2.68. The summed E-state index contributed by atoms with van der Waals surface area (Å²) in [4.78, 5) is 13.0. The number of carbonyl (C=O) groups excluding carboxylic acids is 1. The van der Waals surface area contributed by atoms with Crippen molar-refractivity contribution in [2.45, 2.75) is 51.5 Å². The molecule has 0 fully saturated rings. The SMILES string of the molecule is CCC(C)NS(=O)(=O)c1ccc(NC(=O)c2cc(Br)ccc2OCCC(C)C)cc1. The minimum atomic E-state index is -3.59. The molecule has 1 unspecified atom stereocenters. The van der Waals surface area contributed by atoms with Crippen molar-refractivity contribution in [1.29, 1.82) is 0 Å². The predicted octanol–water partition coefficient (Wildman–Crippen LogP) is 5.20. The zero-order valence-electron chi connectivity index (χ0n) is 17.7. The molecular formula is C22H29BrN2O4S. The predicted molar refractivity (Wildman–Crippen MR) is 124 cm³/mol. The van der Waals surface area contributed by atoms with Crippen LogP contribution >= 0.6 is 15.9 Å². The zero-order valence-corrected chi connectivity index (χ0v) is 20.1. The van der Waals surface area contributed by atoms with Gasteiger partial charge in [0.05, 0.1) is 17.1 Å². The lowest BCUT2D eigenvalue weighted by molar-refractivity contribution is 0.102. The molecule has 164 valence electrons. The first-order valence-corrected chi connectivity index (χ1v) is 12.3. The van der Waals surface area contributed by atoms with Crippen molar-refractivity contribution < 1.29 is 17.9 Å². The Labute approximate surface area is 187 Å². The van der Waals surface area contributed by atoms with Crippen molar-refractivity contribution in [3.8, 4) is 5.75 Å². The van der Waals surface area contributed by atoms with Crippen molar-refractivity contribution in [3.63, 3.8) is 0 Å². The molecule has 0 spiro atoms. The first-order valence-electron chi connectivity index (χ1n) is 9.98. The molecule has 0 bridgehead atoms. The van der Waals surface area contributed by atoms with Crippen LogP contribution in [0.3, 0.4) is 0 Å². The van der Waals surface area contributed by atoms with E-state index >= 15 is 0 Å². The second-order valence-electron chi connectivity index (χ2n) is 7.58. The van der Waals surface area contributed by atoms with E-state index in [2.05, 4.69) is 39.8 Å². The molecule has 2 aromatic rings. The van der Waals surface area contributed by atoms with Gasteiger partial charge in [-0.15, -0.1) is 0 Å². The summed E-state index contributed by atoms with van der Waals surface area (Å²) in [5.74, 6) is 0.680. The lowest BCUT2D eigenvalue weighted by atomic mass is 10.1. The van der Waals surface area contributed by atoms with E-state index in [-0.39, 0.29) is 16.8 Å². The molecule has 0 aliphatic rings. The quantitative estimate of drug-likeness (QED) is 0.473. The average molecular weight is 497 g/mol. The highest BCUT2D eigenvalue weighted by atomic mass is 79.9. The van der Waals surface area contributed by atoms with E-state index in [1.807, 2.05) is 19.9 Å². The molecule has 0 aromatic heterocycles. The summed E-state index contributed by atoms with van der Waals surface area (Å²) in [6, 6.07) is 11.2. The summed E-state index contributed by atoms with van der Waals surface area (Å²) < 4.78 is 33.9. The van der Waals surface area contributed by atoms with Gasteiger partial charge in [-0.05, 0) is 68.1 Å². The van der Waals surface area contributed by atoms with E-state index in [0.29, 0.717) is 35.9 Å². The normalized spacial score (nSPS) is 12.6. The molecule has 8 heteroatoms. The topological polar surface area (TPSA) is 84.5 Å². The van der Waals surface area contributed by atoms with Crippen LogP contribution in [0.1, 0.15) is 50.9 Å². The number of hydrogen-bond donors (Lipinski definition) is 2. The molecule has 0 heterocycles. The maximum absolute atomic E-state index is 12.8. The number of ether oxygens (including phenoxy) is 1. The number of nitrogens with one attached hydrogen (secondary N) is 2. The molecule has 6 nitrogen and oxygen atoms in total. The van der Waals surface area contributed by atoms with Crippen LogP contribution in [0.4, 0.5) is 5.69 Å². The number of hydrogen-bond acceptors (Lipinski definition) is 4. The van der Waals surface area contributed by atoms with Gasteiger partial charge >= 0.3 is 0 Å². The number of amides is 1. The first kappa shape index (κ1) is 24.4. The first-order chi connectivity index (χ1) is 14.1. The highest BCUT2D eigenvalue weighted by Crippen LogP contribution is 2.25. The van der Waals surface area contributed by atoms with E-state index in [4.69, 9.17) is 4.74 Å². The van der Waals surface area contributed by atoms with Crippen molar-refractivity contribution in [3.05, 3.63) is 52.5 Å². The van der Waals surface area contributed by atoms with Crippen molar-refractivity contribution in [2.75, 3.05) is 11.9 Å². The molecule has 0 aliphatic heterocycles. The highest BCUT2D eigenvalue weighted by Gasteiger charge is 2.18. The van der Waals surface area contributed by atoms with Crippen molar-refractivity contribution in [1.82, 2.24) is 4.72 Å². The lowest BCUT2D eigenvalue weighted by Gasteiger charge is -2.14. The second-order valence-corrected chi connectivity index (χ2v) is 10.2. The second kappa shape index (κ2) is 10.9. The summed E-state index contributed by atoms with van der Waals surface area (Å²) >= 11 is 3.39. The van der Waals surface area contributed by atoms with Gasteiger partial charge in [0.2, 0.25) is 10.0 Å². The fourth-order valence-electron chi connectivity index (χ4n) is 2.54. The molecule has 30 heavy (non-hydrogen) atoms. The molecule has 0 saturated carbocycles. The zero-order chi connectivity index (χ0) is 22.3. The van der Waals surface area contributed by atoms with E-state index in [1.54, 1.807) is 24.3 Å². The summed E-state index contributed by atoms with van der Waals surface area (Å²) in [6.45, 7) is 8.47. The van der Waals surface area contributed by atoms with Crippen LogP contribution in [-0.2, 0) is 10.0 Å². The van der Waals surface area contributed by atoms with Crippen LogP contribution < -0.4 is 14.8 Å². The van der Waals surface area contributed by atoms with Crippen LogP contribution in [0, 0.1) is 5.92 Å². The monoisotopic (exact) mass is 496 g/mol. The van der Waals surface area contributed by atoms with Gasteiger partial charge in [-0.25, -0.2) is 13.1 Å². The third-order valence-corrected chi connectivity index (χ3v) is 6.63. The minimum absolute atomic E-state index is 0.153. The fourth-order valence-corrected chi connectivity index (χ4v) is 4.23. The molecule has 2 rings (SSSR count). The van der Waals surface area contributed by atoms with Crippen LogP contribution in [-0.4, -0.2) is 27.0 Å². The van der Waals surface area contributed by atoms with Gasteiger partial charge < -0.3 is 10.1 Å². The molecular weight excluding hydrogens is 468 g/mol. The number of anilines is 1. The van der Waals surface area contributed by atoms with Crippen molar-refractivity contribution >= 4 is 37.5 Å². The van der Waals surface area contributed by atoms with Gasteiger partial charge in [0.25, 0.3) is 5.91 Å².